The van der Waals surface area contributed by atoms with Crippen LogP contribution in [0.2, 0.25) is 0 Å². The molecule has 0 heterocycles. The molecule has 0 radical (unpaired) electrons. The lowest BCUT2D eigenvalue weighted by Gasteiger charge is -2.16. The second kappa shape index (κ2) is 3.67. The van der Waals surface area contributed by atoms with Crippen molar-refractivity contribution in [1.29, 1.82) is 0 Å². The summed E-state index contributed by atoms with van der Waals surface area (Å²) in [5, 5.41) is 0. The third kappa shape index (κ3) is 2.80. The molecular weight excluding hydrogens is 98.1 g/mol. The molecule has 0 spiro atoms. The molecule has 0 rings (SSSR count). The predicted octanol–water partition coefficient (Wildman–Crippen LogP) is 1.51. The molecule has 1 heteroatoms. The Morgan fingerprint density at radius 3 is 2.25 bits per heavy atom. The molecule has 0 aliphatic rings. The number of rotatable bonds is 3. The SMILES string of the molecule is C=CCC(C)N(C)C. The molecule has 0 fully saturated rings. The Labute approximate surface area is 52.0 Å². The zero-order valence-electron chi connectivity index (χ0n) is 6.02. The normalized spacial score (nSPS) is 14.0. The van der Waals surface area contributed by atoms with E-state index >= 15 is 0 Å². The molecule has 1 nitrogen and oxygen atoms in total. The van der Waals surface area contributed by atoms with Gasteiger partial charge in [-0.2, -0.15) is 0 Å². The van der Waals surface area contributed by atoms with Crippen molar-refractivity contribution in [3.63, 3.8) is 0 Å². The van der Waals surface area contributed by atoms with Crippen molar-refractivity contribution in [2.24, 2.45) is 0 Å². The van der Waals surface area contributed by atoms with Gasteiger partial charge in [-0.15, -0.1) is 6.58 Å². The summed E-state index contributed by atoms with van der Waals surface area (Å²) in [7, 11) is 4.16. The van der Waals surface area contributed by atoms with Crippen LogP contribution in [0.3, 0.4) is 0 Å². The van der Waals surface area contributed by atoms with E-state index in [1.54, 1.807) is 0 Å². The van der Waals surface area contributed by atoms with Crippen LogP contribution in [-0.4, -0.2) is 25.0 Å². The van der Waals surface area contributed by atoms with Gasteiger partial charge in [0.15, 0.2) is 0 Å². The van der Waals surface area contributed by atoms with Crippen molar-refractivity contribution < 1.29 is 0 Å². The zero-order valence-corrected chi connectivity index (χ0v) is 6.02. The van der Waals surface area contributed by atoms with Crippen molar-refractivity contribution >= 4 is 0 Å². The monoisotopic (exact) mass is 113 g/mol. The fraction of sp³-hybridized carbons (Fsp3) is 0.714. The summed E-state index contributed by atoms with van der Waals surface area (Å²) in [6.07, 6.45) is 3.03. The summed E-state index contributed by atoms with van der Waals surface area (Å²) in [5.74, 6) is 0. The van der Waals surface area contributed by atoms with Crippen molar-refractivity contribution in [1.82, 2.24) is 4.90 Å². The van der Waals surface area contributed by atoms with Crippen molar-refractivity contribution in [2.75, 3.05) is 14.1 Å². The second-order valence-electron chi connectivity index (χ2n) is 2.34. The fourth-order valence-corrected chi connectivity index (χ4v) is 0.452. The van der Waals surface area contributed by atoms with E-state index in [1.807, 2.05) is 6.08 Å². The minimum atomic E-state index is 0.632. The molecule has 0 aromatic carbocycles. The van der Waals surface area contributed by atoms with Gasteiger partial charge in [-0.25, -0.2) is 0 Å². The van der Waals surface area contributed by atoms with Crippen molar-refractivity contribution in [2.45, 2.75) is 19.4 Å². The van der Waals surface area contributed by atoms with E-state index in [4.69, 9.17) is 0 Å². The van der Waals surface area contributed by atoms with Gasteiger partial charge in [0.05, 0.1) is 0 Å². The molecule has 1 atom stereocenters. The van der Waals surface area contributed by atoms with E-state index in [0.717, 1.165) is 6.42 Å². The highest BCUT2D eigenvalue weighted by Crippen LogP contribution is 1.96. The molecule has 0 saturated carbocycles. The number of nitrogens with zero attached hydrogens (tertiary/aromatic N) is 1. The average Bonchev–Trinajstić information content (AvgIpc) is 1.67. The zero-order chi connectivity index (χ0) is 6.57. The molecule has 1 unspecified atom stereocenters. The van der Waals surface area contributed by atoms with Gasteiger partial charge in [0.1, 0.15) is 0 Å². The predicted molar refractivity (Wildman–Crippen MR) is 38.0 cm³/mol. The molecule has 0 aliphatic heterocycles. The van der Waals surface area contributed by atoms with Crippen LogP contribution in [0.1, 0.15) is 13.3 Å². The first-order valence-corrected chi connectivity index (χ1v) is 2.95. The highest BCUT2D eigenvalue weighted by molar-refractivity contribution is 4.73. The van der Waals surface area contributed by atoms with Crippen molar-refractivity contribution in [3.05, 3.63) is 12.7 Å². The summed E-state index contributed by atoms with van der Waals surface area (Å²) in [4.78, 5) is 2.18. The van der Waals surface area contributed by atoms with Crippen LogP contribution in [0, 0.1) is 0 Å². The molecule has 0 bridgehead atoms. The van der Waals surface area contributed by atoms with Crippen molar-refractivity contribution in [3.8, 4) is 0 Å². The van der Waals surface area contributed by atoms with Gasteiger partial charge in [0, 0.05) is 6.04 Å². The van der Waals surface area contributed by atoms with Crippen LogP contribution in [-0.2, 0) is 0 Å². The molecule has 0 aromatic heterocycles. The van der Waals surface area contributed by atoms with E-state index in [-0.39, 0.29) is 0 Å². The largest absolute Gasteiger partial charge is 0.306 e. The molecule has 8 heavy (non-hydrogen) atoms. The third-order valence-corrected chi connectivity index (χ3v) is 1.39. The van der Waals surface area contributed by atoms with E-state index in [2.05, 4.69) is 32.5 Å². The summed E-state index contributed by atoms with van der Waals surface area (Å²) >= 11 is 0. The lowest BCUT2D eigenvalue weighted by atomic mass is 10.2. The van der Waals surface area contributed by atoms with Gasteiger partial charge >= 0.3 is 0 Å². The Morgan fingerprint density at radius 1 is 1.62 bits per heavy atom. The minimum Gasteiger partial charge on any atom is -0.306 e. The topological polar surface area (TPSA) is 3.24 Å². The number of hydrogen-bond donors (Lipinski definition) is 0. The minimum absolute atomic E-state index is 0.632. The van der Waals surface area contributed by atoms with Gasteiger partial charge in [0.25, 0.3) is 0 Å². The smallest absolute Gasteiger partial charge is 0.00952 e. The molecule has 0 aromatic rings. The first-order chi connectivity index (χ1) is 3.68. The van der Waals surface area contributed by atoms with Gasteiger partial charge in [-0.3, -0.25) is 0 Å². The van der Waals surface area contributed by atoms with Gasteiger partial charge < -0.3 is 4.90 Å². The fourth-order valence-electron chi connectivity index (χ4n) is 0.452. The van der Waals surface area contributed by atoms with Crippen LogP contribution < -0.4 is 0 Å². The second-order valence-corrected chi connectivity index (χ2v) is 2.34. The highest BCUT2D eigenvalue weighted by Gasteiger charge is 1.98. The summed E-state index contributed by atoms with van der Waals surface area (Å²) in [6.45, 7) is 5.84. The quantitative estimate of drug-likeness (QED) is 0.501. The van der Waals surface area contributed by atoms with Crippen LogP contribution >= 0.6 is 0 Å². The van der Waals surface area contributed by atoms with Crippen LogP contribution in [0.5, 0.6) is 0 Å². The first-order valence-electron chi connectivity index (χ1n) is 2.95. The van der Waals surface area contributed by atoms with E-state index < -0.39 is 0 Å². The Morgan fingerprint density at radius 2 is 2.12 bits per heavy atom. The summed E-state index contributed by atoms with van der Waals surface area (Å²) < 4.78 is 0. The summed E-state index contributed by atoms with van der Waals surface area (Å²) in [6, 6.07) is 0.632. The van der Waals surface area contributed by atoms with Crippen LogP contribution in [0.15, 0.2) is 12.7 Å². The Hall–Kier alpha value is -0.300. The molecule has 0 amide bonds. The molecule has 0 aliphatic carbocycles. The Bertz CT molecular complexity index is 66.8. The van der Waals surface area contributed by atoms with E-state index in [0.29, 0.717) is 6.04 Å². The third-order valence-electron chi connectivity index (χ3n) is 1.39. The first kappa shape index (κ1) is 7.70. The van der Waals surface area contributed by atoms with E-state index in [1.165, 1.54) is 0 Å². The maximum Gasteiger partial charge on any atom is 0.00952 e. The Kier molecular flexibility index (Phi) is 3.53. The van der Waals surface area contributed by atoms with Gasteiger partial charge in [-0.05, 0) is 27.4 Å². The number of hydrogen-bond acceptors (Lipinski definition) is 1. The lowest BCUT2D eigenvalue weighted by molar-refractivity contribution is 0.316. The standard InChI is InChI=1S/C7H15N/c1-5-6-7(2)8(3)4/h5,7H,1,6H2,2-4H3. The molecule has 48 valence electrons. The van der Waals surface area contributed by atoms with Gasteiger partial charge in [-0.1, -0.05) is 6.08 Å². The lowest BCUT2D eigenvalue weighted by Crippen LogP contribution is -2.23. The van der Waals surface area contributed by atoms with Crippen LogP contribution in [0.25, 0.3) is 0 Å². The highest BCUT2D eigenvalue weighted by atomic mass is 15.1. The molecule has 0 saturated heterocycles. The summed E-state index contributed by atoms with van der Waals surface area (Å²) in [5.41, 5.74) is 0. The maximum absolute atomic E-state index is 3.66. The van der Waals surface area contributed by atoms with Crippen LogP contribution in [0.4, 0.5) is 0 Å². The van der Waals surface area contributed by atoms with Gasteiger partial charge in [0.2, 0.25) is 0 Å². The maximum atomic E-state index is 3.66. The van der Waals surface area contributed by atoms with E-state index in [9.17, 15) is 0 Å². The molecule has 0 N–H and O–H groups in total. The average molecular weight is 113 g/mol. The Balaban J connectivity index is 3.30. The molecular formula is C7H15N.